The zero-order chi connectivity index (χ0) is 18.4. The minimum atomic E-state index is 0.142. The smallest absolute Gasteiger partial charge is 0.222 e. The molecule has 3 heterocycles. The highest BCUT2D eigenvalue weighted by Crippen LogP contribution is 2.25. The van der Waals surface area contributed by atoms with Crippen LogP contribution in [0.25, 0.3) is 11.0 Å². The summed E-state index contributed by atoms with van der Waals surface area (Å²) in [6, 6.07) is 6.09. The van der Waals surface area contributed by atoms with E-state index in [0.717, 1.165) is 41.7 Å². The molecule has 0 bridgehead atoms. The summed E-state index contributed by atoms with van der Waals surface area (Å²) in [5, 5.41) is 12.9. The first kappa shape index (κ1) is 18.1. The normalized spacial score (nSPS) is 12.4. The van der Waals surface area contributed by atoms with Crippen LogP contribution in [0.15, 0.2) is 36.8 Å². The number of nitrogens with two attached hydrogens (primary N) is 1. The SMILES string of the molecule is CCCC[C@@H](CCO)Nc1nc(N)nc2ccn(Cc3ccncc3)c12. The van der Waals surface area contributed by atoms with Crippen molar-refractivity contribution in [2.24, 2.45) is 0 Å². The molecule has 7 nitrogen and oxygen atoms in total. The molecule has 138 valence electrons. The van der Waals surface area contributed by atoms with Crippen LogP contribution in [0.2, 0.25) is 0 Å². The fourth-order valence-corrected chi connectivity index (χ4v) is 3.13. The molecule has 0 aliphatic heterocycles. The van der Waals surface area contributed by atoms with Gasteiger partial charge in [0.1, 0.15) is 5.52 Å². The second kappa shape index (κ2) is 8.62. The molecule has 0 aliphatic carbocycles. The number of pyridine rings is 1. The second-order valence-electron chi connectivity index (χ2n) is 6.46. The van der Waals surface area contributed by atoms with E-state index >= 15 is 0 Å². The Balaban J connectivity index is 1.93. The Bertz CT molecular complexity index is 833. The van der Waals surface area contributed by atoms with Crippen molar-refractivity contribution in [2.45, 2.75) is 45.2 Å². The first-order chi connectivity index (χ1) is 12.7. The molecule has 0 saturated heterocycles. The van der Waals surface area contributed by atoms with Crippen LogP contribution in [0.3, 0.4) is 0 Å². The molecule has 4 N–H and O–H groups in total. The monoisotopic (exact) mass is 354 g/mol. The largest absolute Gasteiger partial charge is 0.396 e. The molecule has 3 aromatic rings. The molecular formula is C19H26N6O. The molecule has 3 rings (SSSR count). The van der Waals surface area contributed by atoms with Crippen molar-refractivity contribution in [1.29, 1.82) is 0 Å². The molecule has 0 aliphatic rings. The maximum absolute atomic E-state index is 9.38. The van der Waals surface area contributed by atoms with Gasteiger partial charge in [-0.3, -0.25) is 4.98 Å². The van der Waals surface area contributed by atoms with Crippen LogP contribution >= 0.6 is 0 Å². The van der Waals surface area contributed by atoms with Gasteiger partial charge in [-0.25, -0.2) is 4.98 Å². The third kappa shape index (κ3) is 4.29. The molecule has 1 atom stereocenters. The van der Waals surface area contributed by atoms with Gasteiger partial charge in [-0.2, -0.15) is 4.98 Å². The van der Waals surface area contributed by atoms with E-state index in [4.69, 9.17) is 5.73 Å². The molecule has 0 aromatic carbocycles. The Labute approximate surface area is 153 Å². The fourth-order valence-electron chi connectivity index (χ4n) is 3.13. The number of nitrogen functional groups attached to an aromatic ring is 1. The Morgan fingerprint density at radius 1 is 1.19 bits per heavy atom. The lowest BCUT2D eigenvalue weighted by atomic mass is 10.1. The van der Waals surface area contributed by atoms with Gasteiger partial charge in [-0.1, -0.05) is 19.8 Å². The molecule has 7 heteroatoms. The van der Waals surface area contributed by atoms with E-state index in [1.165, 1.54) is 0 Å². The van der Waals surface area contributed by atoms with Crippen molar-refractivity contribution < 1.29 is 5.11 Å². The summed E-state index contributed by atoms with van der Waals surface area (Å²) in [6.45, 7) is 3.01. The van der Waals surface area contributed by atoms with E-state index in [-0.39, 0.29) is 18.6 Å². The first-order valence-corrected chi connectivity index (χ1v) is 9.10. The molecule has 0 amide bonds. The van der Waals surface area contributed by atoms with E-state index in [1.807, 2.05) is 24.4 Å². The van der Waals surface area contributed by atoms with E-state index in [1.54, 1.807) is 12.4 Å². The van der Waals surface area contributed by atoms with Crippen LogP contribution in [0.5, 0.6) is 0 Å². The predicted molar refractivity (Wildman–Crippen MR) is 104 cm³/mol. The summed E-state index contributed by atoms with van der Waals surface area (Å²) < 4.78 is 2.11. The number of nitrogens with one attached hydrogen (secondary N) is 1. The minimum Gasteiger partial charge on any atom is -0.396 e. The molecule has 0 unspecified atom stereocenters. The fraction of sp³-hybridized carbons (Fsp3) is 0.421. The Kier molecular flexibility index (Phi) is 6.01. The maximum Gasteiger partial charge on any atom is 0.222 e. The number of unbranched alkanes of at least 4 members (excludes halogenated alkanes) is 1. The average molecular weight is 354 g/mol. The highest BCUT2D eigenvalue weighted by Gasteiger charge is 2.15. The summed E-state index contributed by atoms with van der Waals surface area (Å²) in [7, 11) is 0. The van der Waals surface area contributed by atoms with E-state index < -0.39 is 0 Å². The van der Waals surface area contributed by atoms with Gasteiger partial charge in [-0.05, 0) is 36.6 Å². The summed E-state index contributed by atoms with van der Waals surface area (Å²) >= 11 is 0. The number of fused-ring (bicyclic) bond motifs is 1. The average Bonchev–Trinajstić information content (AvgIpc) is 3.03. The van der Waals surface area contributed by atoms with Gasteiger partial charge in [0.05, 0.1) is 5.52 Å². The summed E-state index contributed by atoms with van der Waals surface area (Å²) in [5.41, 5.74) is 8.80. The third-order valence-electron chi connectivity index (χ3n) is 4.45. The maximum atomic E-state index is 9.38. The molecule has 0 spiro atoms. The zero-order valence-electron chi connectivity index (χ0n) is 15.1. The number of hydrogen-bond acceptors (Lipinski definition) is 6. The lowest BCUT2D eigenvalue weighted by molar-refractivity contribution is 0.276. The molecular weight excluding hydrogens is 328 g/mol. The molecule has 0 saturated carbocycles. The van der Waals surface area contributed by atoms with Crippen molar-refractivity contribution in [1.82, 2.24) is 19.5 Å². The van der Waals surface area contributed by atoms with Gasteiger partial charge < -0.3 is 20.7 Å². The van der Waals surface area contributed by atoms with Crippen molar-refractivity contribution in [3.05, 3.63) is 42.4 Å². The van der Waals surface area contributed by atoms with Gasteiger partial charge in [0, 0.05) is 37.8 Å². The topological polar surface area (TPSA) is 102 Å². The Hall–Kier alpha value is -2.67. The van der Waals surface area contributed by atoms with E-state index in [2.05, 4.69) is 31.8 Å². The number of hydrogen-bond donors (Lipinski definition) is 3. The molecule has 0 radical (unpaired) electrons. The van der Waals surface area contributed by atoms with E-state index in [9.17, 15) is 5.11 Å². The summed E-state index contributed by atoms with van der Waals surface area (Å²) in [6.07, 6.45) is 9.44. The highest BCUT2D eigenvalue weighted by atomic mass is 16.3. The lowest BCUT2D eigenvalue weighted by Gasteiger charge is -2.19. The Morgan fingerprint density at radius 2 is 2.00 bits per heavy atom. The van der Waals surface area contributed by atoms with Crippen LogP contribution in [0, 0.1) is 0 Å². The third-order valence-corrected chi connectivity index (χ3v) is 4.45. The van der Waals surface area contributed by atoms with Crippen molar-refractivity contribution in [3.8, 4) is 0 Å². The minimum absolute atomic E-state index is 0.142. The molecule has 26 heavy (non-hydrogen) atoms. The quantitative estimate of drug-likeness (QED) is 0.546. The van der Waals surface area contributed by atoms with Crippen LogP contribution in [-0.4, -0.2) is 37.3 Å². The molecule has 0 fully saturated rings. The number of aliphatic hydroxyl groups is 1. The standard InChI is InChI=1S/C19H26N6O/c1-2-3-4-15(8-12-26)22-18-17-16(23-19(20)24-18)7-11-25(17)13-14-5-9-21-10-6-14/h5-7,9-11,15,26H,2-4,8,12-13H2,1H3,(H3,20,22,23,24)/t15-/m0/s1. The summed E-state index contributed by atoms with van der Waals surface area (Å²) in [5.74, 6) is 0.973. The Morgan fingerprint density at radius 3 is 2.73 bits per heavy atom. The number of aliphatic hydroxyl groups excluding tert-OH is 1. The number of rotatable bonds is 9. The van der Waals surface area contributed by atoms with Crippen LogP contribution in [-0.2, 0) is 6.54 Å². The van der Waals surface area contributed by atoms with E-state index in [0.29, 0.717) is 13.0 Å². The summed E-state index contributed by atoms with van der Waals surface area (Å²) in [4.78, 5) is 12.9. The van der Waals surface area contributed by atoms with Gasteiger partial charge in [0.2, 0.25) is 5.95 Å². The number of aromatic nitrogens is 4. The van der Waals surface area contributed by atoms with Crippen LogP contribution in [0.1, 0.15) is 38.2 Å². The zero-order valence-corrected chi connectivity index (χ0v) is 15.1. The van der Waals surface area contributed by atoms with Crippen LogP contribution in [0.4, 0.5) is 11.8 Å². The van der Waals surface area contributed by atoms with Crippen molar-refractivity contribution in [2.75, 3.05) is 17.7 Å². The predicted octanol–water partition coefficient (Wildman–Crippen LogP) is 2.81. The van der Waals surface area contributed by atoms with Crippen molar-refractivity contribution >= 4 is 22.8 Å². The van der Waals surface area contributed by atoms with Crippen LogP contribution < -0.4 is 11.1 Å². The second-order valence-corrected chi connectivity index (χ2v) is 6.46. The van der Waals surface area contributed by atoms with Gasteiger partial charge in [0.25, 0.3) is 0 Å². The highest BCUT2D eigenvalue weighted by molar-refractivity contribution is 5.87. The number of nitrogens with zero attached hydrogens (tertiary/aromatic N) is 4. The van der Waals surface area contributed by atoms with Crippen molar-refractivity contribution in [3.63, 3.8) is 0 Å². The van der Waals surface area contributed by atoms with Gasteiger partial charge in [0.15, 0.2) is 5.82 Å². The van der Waals surface area contributed by atoms with Gasteiger partial charge >= 0.3 is 0 Å². The first-order valence-electron chi connectivity index (χ1n) is 9.10. The molecule has 3 aromatic heterocycles. The number of anilines is 2. The van der Waals surface area contributed by atoms with Gasteiger partial charge in [-0.15, -0.1) is 0 Å². The lowest BCUT2D eigenvalue weighted by Crippen LogP contribution is -2.22.